The van der Waals surface area contributed by atoms with Gasteiger partial charge in [0.05, 0.1) is 7.11 Å². The van der Waals surface area contributed by atoms with Crippen LogP contribution in [-0.2, 0) is 0 Å². The summed E-state index contributed by atoms with van der Waals surface area (Å²) in [6.45, 7) is 1.81. The van der Waals surface area contributed by atoms with Crippen molar-refractivity contribution in [2.75, 3.05) is 7.11 Å². The molecule has 1 aromatic carbocycles. The fourth-order valence-electron chi connectivity index (χ4n) is 2.37. The lowest BCUT2D eigenvalue weighted by Crippen LogP contribution is -2.30. The fourth-order valence-corrected chi connectivity index (χ4v) is 2.37. The van der Waals surface area contributed by atoms with Gasteiger partial charge in [0, 0.05) is 6.20 Å². The van der Waals surface area contributed by atoms with Gasteiger partial charge in [-0.2, -0.15) is 5.10 Å². The summed E-state index contributed by atoms with van der Waals surface area (Å²) in [5.74, 6) is 1.14. The zero-order valence-corrected chi connectivity index (χ0v) is 13.4. The van der Waals surface area contributed by atoms with Crippen molar-refractivity contribution in [2.24, 2.45) is 0 Å². The van der Waals surface area contributed by atoms with E-state index in [9.17, 15) is 4.79 Å². The summed E-state index contributed by atoms with van der Waals surface area (Å²) >= 11 is 0. The maximum absolute atomic E-state index is 12.7. The lowest BCUT2D eigenvalue weighted by atomic mass is 10.1. The van der Waals surface area contributed by atoms with E-state index in [-0.39, 0.29) is 11.8 Å². The van der Waals surface area contributed by atoms with Crippen LogP contribution in [-0.4, -0.2) is 33.2 Å². The Hall–Kier alpha value is -3.22. The van der Waals surface area contributed by atoms with Crippen LogP contribution in [0.25, 0.3) is 0 Å². The first-order valence-electron chi connectivity index (χ1n) is 7.42. The Balaban J connectivity index is 1.94. The van der Waals surface area contributed by atoms with Gasteiger partial charge < -0.3 is 10.1 Å². The molecule has 0 saturated carbocycles. The molecule has 122 valence electrons. The number of amides is 1. The van der Waals surface area contributed by atoms with Crippen LogP contribution in [0.2, 0.25) is 0 Å². The van der Waals surface area contributed by atoms with Gasteiger partial charge in [0.2, 0.25) is 5.88 Å². The molecule has 0 aliphatic rings. The van der Waals surface area contributed by atoms with Crippen molar-refractivity contribution in [1.29, 1.82) is 0 Å². The number of carbonyl (C=O) groups excluding carboxylic acids is 1. The first-order valence-corrected chi connectivity index (χ1v) is 7.42. The van der Waals surface area contributed by atoms with Crippen LogP contribution >= 0.6 is 0 Å². The molecule has 0 fully saturated rings. The number of benzene rings is 1. The summed E-state index contributed by atoms with van der Waals surface area (Å²) in [6.07, 6.45) is 1.57. The van der Waals surface area contributed by atoms with Crippen LogP contribution in [0.5, 0.6) is 5.88 Å². The monoisotopic (exact) mass is 323 g/mol. The Bertz CT molecular complexity index is 832. The van der Waals surface area contributed by atoms with E-state index in [2.05, 4.69) is 25.5 Å². The molecule has 0 bridgehead atoms. The van der Waals surface area contributed by atoms with Crippen molar-refractivity contribution in [2.45, 2.75) is 13.0 Å². The van der Waals surface area contributed by atoms with Crippen molar-refractivity contribution < 1.29 is 9.53 Å². The van der Waals surface area contributed by atoms with Crippen molar-refractivity contribution in [1.82, 2.24) is 25.5 Å². The number of nitrogens with zero attached hydrogens (tertiary/aromatic N) is 3. The molecule has 2 aromatic heterocycles. The van der Waals surface area contributed by atoms with Gasteiger partial charge in [0.15, 0.2) is 5.82 Å². The molecule has 1 atom stereocenters. The van der Waals surface area contributed by atoms with Crippen LogP contribution in [0.3, 0.4) is 0 Å². The molecular weight excluding hydrogens is 306 g/mol. The molecule has 3 rings (SSSR count). The molecule has 0 radical (unpaired) electrons. The second kappa shape index (κ2) is 6.91. The molecule has 0 aliphatic carbocycles. The highest BCUT2D eigenvalue weighted by atomic mass is 16.5. The number of nitrogens with one attached hydrogen (secondary N) is 2. The Morgan fingerprint density at radius 3 is 2.67 bits per heavy atom. The summed E-state index contributed by atoms with van der Waals surface area (Å²) in [6, 6.07) is 12.4. The molecule has 2 N–H and O–H groups in total. The maximum Gasteiger partial charge on any atom is 0.257 e. The van der Waals surface area contributed by atoms with Crippen molar-refractivity contribution >= 4 is 5.91 Å². The zero-order valence-electron chi connectivity index (χ0n) is 13.4. The SMILES string of the molecule is COc1ncccc1C(=O)N[C@H](c1ccccc1)c1n[nH]c(C)n1. The Morgan fingerprint density at radius 1 is 1.21 bits per heavy atom. The predicted octanol–water partition coefficient (Wildman–Crippen LogP) is 2.04. The van der Waals surface area contributed by atoms with Crippen molar-refractivity contribution in [3.63, 3.8) is 0 Å². The second-order valence-corrected chi connectivity index (χ2v) is 5.16. The zero-order chi connectivity index (χ0) is 16.9. The van der Waals surface area contributed by atoms with Crippen LogP contribution in [0.4, 0.5) is 0 Å². The molecule has 7 heteroatoms. The molecular formula is C17H17N5O2. The smallest absolute Gasteiger partial charge is 0.257 e. The number of carbonyl (C=O) groups is 1. The lowest BCUT2D eigenvalue weighted by molar-refractivity contribution is 0.0937. The molecule has 1 amide bonds. The average Bonchev–Trinajstić information content (AvgIpc) is 3.06. The molecule has 3 aromatic rings. The number of pyridine rings is 1. The average molecular weight is 323 g/mol. The minimum absolute atomic E-state index is 0.271. The van der Waals surface area contributed by atoms with Gasteiger partial charge in [0.1, 0.15) is 17.4 Å². The largest absolute Gasteiger partial charge is 0.480 e. The third-order valence-corrected chi connectivity index (χ3v) is 3.49. The van der Waals surface area contributed by atoms with Gasteiger partial charge in [0.25, 0.3) is 5.91 Å². The first kappa shape index (κ1) is 15.7. The second-order valence-electron chi connectivity index (χ2n) is 5.16. The van der Waals surface area contributed by atoms with E-state index in [4.69, 9.17) is 4.74 Å². The number of ether oxygens (including phenoxy) is 1. The predicted molar refractivity (Wildman–Crippen MR) is 87.7 cm³/mol. The molecule has 7 nitrogen and oxygen atoms in total. The minimum Gasteiger partial charge on any atom is -0.480 e. The summed E-state index contributed by atoms with van der Waals surface area (Å²) < 4.78 is 5.15. The van der Waals surface area contributed by atoms with E-state index in [0.29, 0.717) is 17.2 Å². The number of aromatic nitrogens is 4. The van der Waals surface area contributed by atoms with E-state index >= 15 is 0 Å². The first-order chi connectivity index (χ1) is 11.7. The summed E-state index contributed by atoms with van der Waals surface area (Å²) in [5.41, 5.74) is 1.24. The summed E-state index contributed by atoms with van der Waals surface area (Å²) in [5, 5.41) is 9.94. The van der Waals surface area contributed by atoms with Crippen molar-refractivity contribution in [3.8, 4) is 5.88 Å². The molecule has 0 spiro atoms. The normalized spacial score (nSPS) is 11.8. The summed E-state index contributed by atoms with van der Waals surface area (Å²) in [4.78, 5) is 21.1. The quantitative estimate of drug-likeness (QED) is 0.749. The number of rotatable bonds is 5. The van der Waals surface area contributed by atoms with Gasteiger partial charge in [-0.3, -0.25) is 9.89 Å². The van der Waals surface area contributed by atoms with E-state index < -0.39 is 6.04 Å². The van der Waals surface area contributed by atoms with Gasteiger partial charge in [-0.25, -0.2) is 9.97 Å². The number of hydrogen-bond donors (Lipinski definition) is 2. The van der Waals surface area contributed by atoms with Crippen LogP contribution in [0.15, 0.2) is 48.7 Å². The van der Waals surface area contributed by atoms with Crippen molar-refractivity contribution in [3.05, 3.63) is 71.4 Å². The standard InChI is InChI=1S/C17H17N5O2/c1-11-19-15(22-21-11)14(12-7-4-3-5-8-12)20-16(23)13-9-6-10-18-17(13)24-2/h3-10,14H,1-2H3,(H,20,23)(H,19,21,22)/t14-/m1/s1. The third kappa shape index (κ3) is 3.24. The number of H-pyrrole nitrogens is 1. The minimum atomic E-state index is -0.478. The summed E-state index contributed by atoms with van der Waals surface area (Å²) in [7, 11) is 1.48. The Morgan fingerprint density at radius 2 is 2.00 bits per heavy atom. The van der Waals surface area contributed by atoms with Gasteiger partial charge in [-0.05, 0) is 24.6 Å². The van der Waals surface area contributed by atoms with Gasteiger partial charge in [-0.15, -0.1) is 0 Å². The van der Waals surface area contributed by atoms with E-state index in [0.717, 1.165) is 5.56 Å². The van der Waals surface area contributed by atoms with Crippen LogP contribution in [0.1, 0.15) is 33.6 Å². The highest BCUT2D eigenvalue weighted by molar-refractivity contribution is 5.96. The number of aromatic amines is 1. The molecule has 24 heavy (non-hydrogen) atoms. The van der Waals surface area contributed by atoms with E-state index in [1.54, 1.807) is 18.3 Å². The number of aryl methyl sites for hydroxylation is 1. The highest BCUT2D eigenvalue weighted by Crippen LogP contribution is 2.21. The number of hydrogen-bond acceptors (Lipinski definition) is 5. The Kier molecular flexibility index (Phi) is 4.51. The topological polar surface area (TPSA) is 92.8 Å². The maximum atomic E-state index is 12.7. The molecule has 0 saturated heterocycles. The molecule has 0 unspecified atom stereocenters. The van der Waals surface area contributed by atoms with Crippen LogP contribution < -0.4 is 10.1 Å². The fraction of sp³-hybridized carbons (Fsp3) is 0.176. The third-order valence-electron chi connectivity index (χ3n) is 3.49. The van der Waals surface area contributed by atoms with Crippen LogP contribution in [0, 0.1) is 6.92 Å². The van der Waals surface area contributed by atoms with Gasteiger partial charge in [-0.1, -0.05) is 30.3 Å². The van der Waals surface area contributed by atoms with Gasteiger partial charge >= 0.3 is 0 Å². The Labute approximate surface area is 139 Å². The van der Waals surface area contributed by atoms with E-state index in [1.165, 1.54) is 7.11 Å². The number of methoxy groups -OCH3 is 1. The van der Waals surface area contributed by atoms with E-state index in [1.807, 2.05) is 37.3 Å². The highest BCUT2D eigenvalue weighted by Gasteiger charge is 2.23. The molecule has 0 aliphatic heterocycles. The lowest BCUT2D eigenvalue weighted by Gasteiger charge is -2.17. The molecule has 2 heterocycles.